The number of benzene rings is 3. The molecule has 5 rings (SSSR count). The minimum atomic E-state index is 0.997. The summed E-state index contributed by atoms with van der Waals surface area (Å²) in [5.74, 6) is 0. The zero-order chi connectivity index (χ0) is 22.1. The van der Waals surface area contributed by atoms with Crippen LogP contribution in [0.15, 0.2) is 72.9 Å². The van der Waals surface area contributed by atoms with Crippen molar-refractivity contribution in [2.24, 2.45) is 0 Å². The first-order chi connectivity index (χ1) is 15.6. The smallest absolute Gasteiger partial charge is 0.0723 e. The van der Waals surface area contributed by atoms with Gasteiger partial charge >= 0.3 is 0 Å². The van der Waals surface area contributed by atoms with Crippen LogP contribution in [0.2, 0.25) is 0 Å². The number of hydrogen-bond acceptors (Lipinski definition) is 4. The third kappa shape index (κ3) is 4.19. The summed E-state index contributed by atoms with van der Waals surface area (Å²) in [6.07, 6.45) is 1.87. The van der Waals surface area contributed by atoms with Crippen molar-refractivity contribution in [1.82, 2.24) is 9.88 Å². The predicted molar refractivity (Wildman–Crippen MR) is 136 cm³/mol. The predicted octanol–water partition coefficient (Wildman–Crippen LogP) is 6.01. The van der Waals surface area contributed by atoms with Crippen molar-refractivity contribution in [3.8, 4) is 11.1 Å². The second kappa shape index (κ2) is 8.64. The fourth-order valence-electron chi connectivity index (χ4n) is 4.33. The highest BCUT2D eigenvalue weighted by Crippen LogP contribution is 2.31. The molecule has 1 aliphatic rings. The number of aryl methyl sites for hydroxylation is 2. The van der Waals surface area contributed by atoms with Crippen molar-refractivity contribution in [3.63, 3.8) is 0 Å². The topological polar surface area (TPSA) is 31.4 Å². The van der Waals surface area contributed by atoms with E-state index in [0.29, 0.717) is 0 Å². The number of anilines is 3. The molecule has 0 spiro atoms. The van der Waals surface area contributed by atoms with Crippen LogP contribution in [0.1, 0.15) is 11.1 Å². The van der Waals surface area contributed by atoms with Crippen LogP contribution in [-0.2, 0) is 0 Å². The number of aromatic nitrogens is 1. The maximum absolute atomic E-state index is 4.58. The van der Waals surface area contributed by atoms with Gasteiger partial charge in [0.15, 0.2) is 0 Å². The zero-order valence-electron chi connectivity index (χ0n) is 19.1. The molecule has 32 heavy (non-hydrogen) atoms. The molecule has 1 aliphatic heterocycles. The zero-order valence-corrected chi connectivity index (χ0v) is 19.1. The molecule has 0 aliphatic carbocycles. The monoisotopic (exact) mass is 422 g/mol. The third-order valence-corrected chi connectivity index (χ3v) is 6.60. The molecule has 2 heterocycles. The van der Waals surface area contributed by atoms with E-state index in [1.807, 2.05) is 6.20 Å². The Morgan fingerprint density at radius 3 is 2.22 bits per heavy atom. The summed E-state index contributed by atoms with van der Waals surface area (Å²) in [5.41, 5.74) is 9.53. The van der Waals surface area contributed by atoms with Gasteiger partial charge in [-0.1, -0.05) is 24.3 Å². The van der Waals surface area contributed by atoms with Crippen LogP contribution >= 0.6 is 0 Å². The first kappa shape index (κ1) is 20.5. The quantitative estimate of drug-likeness (QED) is 0.436. The normalized spacial score (nSPS) is 14.7. The lowest BCUT2D eigenvalue weighted by molar-refractivity contribution is 0.313. The van der Waals surface area contributed by atoms with Crippen LogP contribution in [0.25, 0.3) is 22.0 Å². The fourth-order valence-corrected chi connectivity index (χ4v) is 4.33. The molecule has 1 saturated heterocycles. The number of fused-ring (bicyclic) bond motifs is 1. The second-order valence-corrected chi connectivity index (χ2v) is 8.85. The van der Waals surface area contributed by atoms with Gasteiger partial charge in [0.1, 0.15) is 0 Å². The molecule has 0 amide bonds. The first-order valence-electron chi connectivity index (χ1n) is 11.3. The molecule has 0 saturated carbocycles. The number of rotatable bonds is 4. The number of likely N-dealkylation sites (N-methyl/N-ethyl adjacent to an activating group) is 1. The maximum atomic E-state index is 4.58. The van der Waals surface area contributed by atoms with Crippen LogP contribution in [0, 0.1) is 13.8 Å². The van der Waals surface area contributed by atoms with E-state index in [-0.39, 0.29) is 0 Å². The number of hydrogen-bond donors (Lipinski definition) is 1. The third-order valence-electron chi connectivity index (χ3n) is 6.60. The summed E-state index contributed by atoms with van der Waals surface area (Å²) in [6, 6.07) is 24.0. The SMILES string of the molecule is Cc1ccc(-c2ccc3nccc(Nc4ccc(N5CCN(C)CC5)cc4)c3c2)cc1C. The van der Waals surface area contributed by atoms with Crippen LogP contribution in [-0.4, -0.2) is 43.1 Å². The fraction of sp³-hybridized carbons (Fsp3) is 0.250. The van der Waals surface area contributed by atoms with Crippen LogP contribution in [0.3, 0.4) is 0 Å². The Balaban J connectivity index is 1.42. The highest BCUT2D eigenvalue weighted by atomic mass is 15.2. The number of nitrogens with one attached hydrogen (secondary N) is 1. The van der Waals surface area contributed by atoms with E-state index in [0.717, 1.165) is 48.5 Å². The van der Waals surface area contributed by atoms with Crippen molar-refractivity contribution in [1.29, 1.82) is 0 Å². The Kier molecular flexibility index (Phi) is 5.54. The van der Waals surface area contributed by atoms with E-state index in [1.165, 1.54) is 27.9 Å². The maximum Gasteiger partial charge on any atom is 0.0723 e. The molecule has 162 valence electrons. The van der Waals surface area contributed by atoms with E-state index in [4.69, 9.17) is 0 Å². The van der Waals surface area contributed by atoms with Gasteiger partial charge in [-0.25, -0.2) is 0 Å². The molecule has 3 aromatic carbocycles. The number of nitrogens with zero attached hydrogens (tertiary/aromatic N) is 3. The molecular weight excluding hydrogens is 392 g/mol. The Morgan fingerprint density at radius 2 is 1.47 bits per heavy atom. The Morgan fingerprint density at radius 1 is 0.750 bits per heavy atom. The van der Waals surface area contributed by atoms with Gasteiger partial charge in [-0.3, -0.25) is 4.98 Å². The average molecular weight is 423 g/mol. The lowest BCUT2D eigenvalue weighted by Gasteiger charge is -2.34. The molecule has 1 fully saturated rings. The Hall–Kier alpha value is -3.37. The second-order valence-electron chi connectivity index (χ2n) is 8.85. The van der Waals surface area contributed by atoms with Crippen LogP contribution < -0.4 is 10.2 Å². The highest BCUT2D eigenvalue weighted by Gasteiger charge is 2.14. The van der Waals surface area contributed by atoms with Crippen molar-refractivity contribution in [2.45, 2.75) is 13.8 Å². The lowest BCUT2D eigenvalue weighted by atomic mass is 9.99. The number of piperazine rings is 1. The van der Waals surface area contributed by atoms with Gasteiger partial charge in [-0.2, -0.15) is 0 Å². The first-order valence-corrected chi connectivity index (χ1v) is 11.3. The van der Waals surface area contributed by atoms with Gasteiger partial charge in [0, 0.05) is 54.8 Å². The van der Waals surface area contributed by atoms with Crippen molar-refractivity contribution in [2.75, 3.05) is 43.4 Å². The molecule has 4 aromatic rings. The van der Waals surface area contributed by atoms with E-state index in [9.17, 15) is 0 Å². The molecule has 1 aromatic heterocycles. The summed E-state index contributed by atoms with van der Waals surface area (Å²) < 4.78 is 0. The Labute approximate surface area is 190 Å². The molecular formula is C28H30N4. The van der Waals surface area contributed by atoms with Gasteiger partial charge in [0.05, 0.1) is 5.52 Å². The summed E-state index contributed by atoms with van der Waals surface area (Å²) in [7, 11) is 2.19. The van der Waals surface area contributed by atoms with E-state index in [1.54, 1.807) is 0 Å². The largest absolute Gasteiger partial charge is 0.369 e. The minimum Gasteiger partial charge on any atom is -0.369 e. The van der Waals surface area contributed by atoms with Crippen LogP contribution in [0.4, 0.5) is 17.1 Å². The van der Waals surface area contributed by atoms with E-state index < -0.39 is 0 Å². The summed E-state index contributed by atoms with van der Waals surface area (Å²) in [6.45, 7) is 8.72. The van der Waals surface area contributed by atoms with Crippen molar-refractivity contribution in [3.05, 3.63) is 84.1 Å². The lowest BCUT2D eigenvalue weighted by Crippen LogP contribution is -2.44. The standard InChI is InChI=1S/C28H30N4/c1-20-4-5-22(18-21(20)2)23-6-11-27-26(19-23)28(12-13-29-27)30-24-7-9-25(10-8-24)32-16-14-31(3)15-17-32/h4-13,18-19H,14-17H2,1-3H3,(H,29,30). The van der Waals surface area contributed by atoms with Gasteiger partial charge in [-0.05, 0) is 85.6 Å². The molecule has 0 unspecified atom stereocenters. The summed E-state index contributed by atoms with van der Waals surface area (Å²) in [4.78, 5) is 9.42. The summed E-state index contributed by atoms with van der Waals surface area (Å²) >= 11 is 0. The molecule has 4 nitrogen and oxygen atoms in total. The molecule has 0 radical (unpaired) electrons. The molecule has 0 bridgehead atoms. The Bertz CT molecular complexity index is 1240. The van der Waals surface area contributed by atoms with Gasteiger partial charge < -0.3 is 15.1 Å². The minimum absolute atomic E-state index is 0.997. The van der Waals surface area contributed by atoms with Gasteiger partial charge in [-0.15, -0.1) is 0 Å². The average Bonchev–Trinajstić information content (AvgIpc) is 2.82. The summed E-state index contributed by atoms with van der Waals surface area (Å²) in [5, 5.41) is 4.75. The van der Waals surface area contributed by atoms with Crippen LogP contribution in [0.5, 0.6) is 0 Å². The molecule has 1 N–H and O–H groups in total. The van der Waals surface area contributed by atoms with Gasteiger partial charge in [0.2, 0.25) is 0 Å². The van der Waals surface area contributed by atoms with Crippen molar-refractivity contribution < 1.29 is 0 Å². The van der Waals surface area contributed by atoms with E-state index >= 15 is 0 Å². The highest BCUT2D eigenvalue weighted by molar-refractivity contribution is 5.95. The van der Waals surface area contributed by atoms with Gasteiger partial charge in [0.25, 0.3) is 0 Å². The van der Waals surface area contributed by atoms with Crippen molar-refractivity contribution >= 4 is 28.0 Å². The van der Waals surface area contributed by atoms with E-state index in [2.05, 4.69) is 108 Å². The molecule has 4 heteroatoms. The number of pyridine rings is 1. The molecule has 0 atom stereocenters.